The summed E-state index contributed by atoms with van der Waals surface area (Å²) in [4.78, 5) is 24.7. The van der Waals surface area contributed by atoms with Crippen LogP contribution in [0.25, 0.3) is 11.6 Å². The first kappa shape index (κ1) is 16.5. The second-order valence-corrected chi connectivity index (χ2v) is 6.11. The van der Waals surface area contributed by atoms with Crippen LogP contribution in [0.1, 0.15) is 50.2 Å². The summed E-state index contributed by atoms with van der Waals surface area (Å²) >= 11 is 0. The number of methoxy groups -OCH3 is 1. The lowest BCUT2D eigenvalue weighted by Gasteiger charge is -2.13. The van der Waals surface area contributed by atoms with Crippen molar-refractivity contribution < 1.29 is 19.1 Å². The smallest absolute Gasteiger partial charge is 0.334 e. The Kier molecular flexibility index (Phi) is 4.84. The maximum absolute atomic E-state index is 12.6. The van der Waals surface area contributed by atoms with Crippen LogP contribution in [-0.2, 0) is 14.3 Å². The van der Waals surface area contributed by atoms with Gasteiger partial charge in [-0.1, -0.05) is 6.07 Å². The van der Waals surface area contributed by atoms with Crippen LogP contribution in [0.5, 0.6) is 5.75 Å². The Morgan fingerprint density at radius 2 is 1.96 bits per heavy atom. The summed E-state index contributed by atoms with van der Waals surface area (Å²) in [6.07, 6.45) is 5.50. The van der Waals surface area contributed by atoms with Crippen LogP contribution in [-0.4, -0.2) is 25.5 Å². The lowest BCUT2D eigenvalue weighted by molar-refractivity contribution is -0.136. The van der Waals surface area contributed by atoms with Gasteiger partial charge in [0.25, 0.3) is 0 Å². The van der Waals surface area contributed by atoms with Crippen LogP contribution in [0.15, 0.2) is 29.3 Å². The molecule has 24 heavy (non-hydrogen) atoms. The molecule has 0 unspecified atom stereocenters. The second kappa shape index (κ2) is 7.04. The molecule has 0 saturated heterocycles. The van der Waals surface area contributed by atoms with E-state index in [9.17, 15) is 9.59 Å². The Morgan fingerprint density at radius 1 is 1.17 bits per heavy atom. The van der Waals surface area contributed by atoms with Gasteiger partial charge >= 0.3 is 5.97 Å². The summed E-state index contributed by atoms with van der Waals surface area (Å²) < 4.78 is 10.5. The minimum absolute atomic E-state index is 0.152. The number of ketones is 1. The van der Waals surface area contributed by atoms with Crippen molar-refractivity contribution >= 4 is 23.4 Å². The second-order valence-electron chi connectivity index (χ2n) is 6.11. The summed E-state index contributed by atoms with van der Waals surface area (Å²) in [6.45, 7) is 2.52. The predicted octanol–water partition coefficient (Wildman–Crippen LogP) is 3.94. The molecule has 0 bridgehead atoms. The van der Waals surface area contributed by atoms with Crippen molar-refractivity contribution in [3.8, 4) is 5.75 Å². The molecule has 0 atom stereocenters. The average molecular weight is 326 g/mol. The fourth-order valence-electron chi connectivity index (χ4n) is 3.44. The molecule has 2 aliphatic rings. The van der Waals surface area contributed by atoms with Crippen LogP contribution < -0.4 is 4.74 Å². The molecular weight excluding hydrogens is 304 g/mol. The summed E-state index contributed by atoms with van der Waals surface area (Å²) in [5.74, 6) is 0.535. The van der Waals surface area contributed by atoms with E-state index in [1.165, 1.54) is 7.11 Å². The maximum atomic E-state index is 12.6. The van der Waals surface area contributed by atoms with Crippen LogP contribution >= 0.6 is 0 Å². The van der Waals surface area contributed by atoms with E-state index in [0.717, 1.165) is 47.3 Å². The molecule has 0 heterocycles. The zero-order chi connectivity index (χ0) is 17.1. The molecule has 1 aromatic carbocycles. The monoisotopic (exact) mass is 326 g/mol. The number of esters is 1. The Balaban J connectivity index is 2.18. The summed E-state index contributed by atoms with van der Waals surface area (Å²) in [6, 6.07) is 5.87. The third kappa shape index (κ3) is 3.14. The van der Waals surface area contributed by atoms with Gasteiger partial charge in [0.15, 0.2) is 5.78 Å². The lowest BCUT2D eigenvalue weighted by atomic mass is 9.92. The van der Waals surface area contributed by atoms with Crippen molar-refractivity contribution in [1.82, 2.24) is 0 Å². The molecule has 0 N–H and O–H groups in total. The molecule has 0 aliphatic heterocycles. The largest absolute Gasteiger partial charge is 0.494 e. The number of allylic oxidation sites excluding steroid dienone is 2. The first-order valence-electron chi connectivity index (χ1n) is 8.45. The van der Waals surface area contributed by atoms with E-state index in [1.54, 1.807) is 0 Å². The molecule has 0 radical (unpaired) electrons. The Labute approximate surface area is 142 Å². The van der Waals surface area contributed by atoms with Crippen LogP contribution in [0.2, 0.25) is 0 Å². The SMILES string of the molecule is CCOc1ccc2c(c1)C=C(C(=O)OC)CC1=C2CCCCC1=O. The molecule has 0 saturated carbocycles. The van der Waals surface area contributed by atoms with E-state index in [0.29, 0.717) is 25.0 Å². The van der Waals surface area contributed by atoms with E-state index in [2.05, 4.69) is 0 Å². The minimum Gasteiger partial charge on any atom is -0.494 e. The first-order chi connectivity index (χ1) is 11.6. The zero-order valence-corrected chi connectivity index (χ0v) is 14.2. The number of Topliss-reactive ketones (excluding diaryl/α,β-unsaturated/α-hetero) is 1. The Bertz CT molecular complexity index is 740. The van der Waals surface area contributed by atoms with E-state index in [-0.39, 0.29) is 11.8 Å². The number of carbonyl (C=O) groups is 2. The van der Waals surface area contributed by atoms with Gasteiger partial charge in [-0.25, -0.2) is 4.79 Å². The first-order valence-corrected chi connectivity index (χ1v) is 8.45. The lowest BCUT2D eigenvalue weighted by Crippen LogP contribution is -2.09. The quantitative estimate of drug-likeness (QED) is 0.790. The predicted molar refractivity (Wildman–Crippen MR) is 92.6 cm³/mol. The van der Waals surface area contributed by atoms with Gasteiger partial charge in [0.1, 0.15) is 5.75 Å². The third-order valence-electron chi connectivity index (χ3n) is 4.59. The number of hydrogen-bond acceptors (Lipinski definition) is 4. The molecule has 0 aromatic heterocycles. The highest BCUT2D eigenvalue weighted by Gasteiger charge is 2.27. The van der Waals surface area contributed by atoms with Gasteiger partial charge in [-0.2, -0.15) is 0 Å². The van der Waals surface area contributed by atoms with Gasteiger partial charge in [-0.15, -0.1) is 0 Å². The minimum atomic E-state index is -0.381. The van der Waals surface area contributed by atoms with Crippen molar-refractivity contribution in [2.24, 2.45) is 0 Å². The van der Waals surface area contributed by atoms with Gasteiger partial charge in [0.05, 0.1) is 13.7 Å². The van der Waals surface area contributed by atoms with Gasteiger partial charge in [-0.3, -0.25) is 4.79 Å². The topological polar surface area (TPSA) is 52.6 Å². The standard InChI is InChI=1S/C20H22O4/c1-3-24-15-8-9-16-13(11-15)10-14(20(22)23-2)12-18-17(16)6-4-5-7-19(18)21/h8-11H,3-7,12H2,1-2H3. The van der Waals surface area contributed by atoms with Crippen molar-refractivity contribution in [1.29, 1.82) is 0 Å². The number of fused-ring (bicyclic) bond motifs is 2. The van der Waals surface area contributed by atoms with Crippen molar-refractivity contribution in [2.75, 3.05) is 13.7 Å². The van der Waals surface area contributed by atoms with Crippen LogP contribution in [0, 0.1) is 0 Å². The van der Waals surface area contributed by atoms with Gasteiger partial charge < -0.3 is 9.47 Å². The van der Waals surface area contributed by atoms with Crippen molar-refractivity contribution in [3.05, 3.63) is 40.5 Å². The highest BCUT2D eigenvalue weighted by atomic mass is 16.5. The number of carbonyl (C=O) groups excluding carboxylic acids is 2. The third-order valence-corrected chi connectivity index (χ3v) is 4.59. The van der Waals surface area contributed by atoms with Crippen molar-refractivity contribution in [3.63, 3.8) is 0 Å². The van der Waals surface area contributed by atoms with Gasteiger partial charge in [0.2, 0.25) is 0 Å². The molecule has 4 nitrogen and oxygen atoms in total. The molecular formula is C20H22O4. The zero-order valence-electron chi connectivity index (χ0n) is 14.2. The van der Waals surface area contributed by atoms with Crippen LogP contribution in [0.3, 0.4) is 0 Å². The van der Waals surface area contributed by atoms with Crippen LogP contribution in [0.4, 0.5) is 0 Å². The number of rotatable bonds is 3. The van der Waals surface area contributed by atoms with E-state index in [1.807, 2.05) is 31.2 Å². The molecule has 0 amide bonds. The molecule has 126 valence electrons. The Morgan fingerprint density at radius 3 is 2.71 bits per heavy atom. The Hall–Kier alpha value is -2.36. The van der Waals surface area contributed by atoms with Gasteiger partial charge in [-0.05, 0) is 61.1 Å². The summed E-state index contributed by atoms with van der Waals surface area (Å²) in [5.41, 5.74) is 4.31. The molecule has 2 aliphatic carbocycles. The number of hydrogen-bond donors (Lipinski definition) is 0. The molecule has 0 spiro atoms. The maximum Gasteiger partial charge on any atom is 0.334 e. The summed E-state index contributed by atoms with van der Waals surface area (Å²) in [7, 11) is 1.37. The molecule has 3 rings (SSSR count). The highest BCUT2D eigenvalue weighted by molar-refractivity contribution is 6.08. The molecule has 4 heteroatoms. The fourth-order valence-corrected chi connectivity index (χ4v) is 3.44. The molecule has 1 aromatic rings. The number of ether oxygens (including phenoxy) is 2. The van der Waals surface area contributed by atoms with E-state index < -0.39 is 0 Å². The molecule has 0 fully saturated rings. The van der Waals surface area contributed by atoms with E-state index in [4.69, 9.17) is 9.47 Å². The normalized spacial score (nSPS) is 17.2. The fraction of sp³-hybridized carbons (Fsp3) is 0.400. The summed E-state index contributed by atoms with van der Waals surface area (Å²) in [5, 5.41) is 0. The number of benzene rings is 1. The highest BCUT2D eigenvalue weighted by Crippen LogP contribution is 2.39. The van der Waals surface area contributed by atoms with Crippen molar-refractivity contribution in [2.45, 2.75) is 39.0 Å². The van der Waals surface area contributed by atoms with E-state index >= 15 is 0 Å². The average Bonchev–Trinajstić information content (AvgIpc) is 2.85. The van der Waals surface area contributed by atoms with Gasteiger partial charge in [0, 0.05) is 24.0 Å².